The van der Waals surface area contributed by atoms with E-state index in [1.807, 2.05) is 6.07 Å². The molecule has 1 aliphatic heterocycles. The van der Waals surface area contributed by atoms with E-state index in [9.17, 15) is 18.7 Å². The molecule has 0 spiro atoms. The Morgan fingerprint density at radius 1 is 0.970 bits per heavy atom. The smallest absolute Gasteiger partial charge is 0.308 e. The molecule has 1 saturated heterocycles. The number of halogens is 2. The second-order valence-electron chi connectivity index (χ2n) is 8.63. The van der Waals surface area contributed by atoms with Crippen LogP contribution in [0.15, 0.2) is 65.6 Å². The largest absolute Gasteiger partial charge is 0.461 e. The number of carbonyl (C=O) groups is 1. The highest BCUT2D eigenvalue weighted by atomic mass is 32.2. The van der Waals surface area contributed by atoms with Crippen LogP contribution < -0.4 is 0 Å². The van der Waals surface area contributed by atoms with Crippen LogP contribution in [0.5, 0.6) is 0 Å². The second-order valence-corrected chi connectivity index (χ2v) is 9.66. The molecule has 6 heteroatoms. The molecule has 0 saturated carbocycles. The van der Waals surface area contributed by atoms with Crippen LogP contribution in [-0.2, 0) is 9.53 Å². The van der Waals surface area contributed by atoms with Gasteiger partial charge < -0.3 is 9.84 Å². The van der Waals surface area contributed by atoms with Gasteiger partial charge in [-0.2, -0.15) is 0 Å². The van der Waals surface area contributed by atoms with E-state index in [1.54, 1.807) is 36.0 Å². The molecule has 1 aliphatic rings. The van der Waals surface area contributed by atoms with Gasteiger partial charge in [-0.1, -0.05) is 38.1 Å². The highest BCUT2D eigenvalue weighted by molar-refractivity contribution is 7.99. The Labute approximate surface area is 196 Å². The van der Waals surface area contributed by atoms with Crippen LogP contribution in [0.1, 0.15) is 38.2 Å². The molecule has 0 unspecified atom stereocenters. The third-order valence-electron chi connectivity index (χ3n) is 5.72. The number of carbonyl (C=O) groups excluding carboxylic acids is 1. The lowest BCUT2D eigenvalue weighted by Gasteiger charge is -2.27. The maximum atomic E-state index is 13.6. The molecule has 0 aliphatic carbocycles. The Kier molecular flexibility index (Phi) is 7.15. The Bertz CT molecular complexity index is 1130. The third-order valence-corrected chi connectivity index (χ3v) is 7.00. The lowest BCUT2D eigenvalue weighted by Crippen LogP contribution is -2.34. The zero-order chi connectivity index (χ0) is 23.5. The van der Waals surface area contributed by atoms with Crippen molar-refractivity contribution in [2.75, 3.05) is 5.75 Å². The fourth-order valence-corrected chi connectivity index (χ4v) is 5.38. The molecule has 33 heavy (non-hydrogen) atoms. The molecule has 172 valence electrons. The predicted octanol–water partition coefficient (Wildman–Crippen LogP) is 6.58. The summed E-state index contributed by atoms with van der Waals surface area (Å²) in [5.74, 6) is -0.291. The summed E-state index contributed by atoms with van der Waals surface area (Å²) in [5.41, 5.74) is 4.74. The molecule has 1 fully saturated rings. The van der Waals surface area contributed by atoms with Crippen molar-refractivity contribution in [1.29, 1.82) is 0 Å². The van der Waals surface area contributed by atoms with Crippen molar-refractivity contribution in [3.63, 3.8) is 0 Å². The first-order valence-corrected chi connectivity index (χ1v) is 12.0. The van der Waals surface area contributed by atoms with E-state index in [0.717, 1.165) is 32.7 Å². The van der Waals surface area contributed by atoms with Crippen molar-refractivity contribution < 1.29 is 23.4 Å². The van der Waals surface area contributed by atoms with Crippen LogP contribution in [0.4, 0.5) is 8.78 Å². The van der Waals surface area contributed by atoms with Crippen LogP contribution >= 0.6 is 11.8 Å². The van der Waals surface area contributed by atoms with Crippen LogP contribution in [0.25, 0.3) is 22.3 Å². The number of cyclic esters (lactones) is 1. The van der Waals surface area contributed by atoms with Gasteiger partial charge in [0.25, 0.3) is 0 Å². The number of thioether (sulfide) groups is 1. The molecular formula is C27H26F2O3S. The van der Waals surface area contributed by atoms with Crippen molar-refractivity contribution in [2.45, 2.75) is 49.7 Å². The minimum atomic E-state index is -0.682. The van der Waals surface area contributed by atoms with Gasteiger partial charge in [0.05, 0.1) is 12.5 Å². The summed E-state index contributed by atoms with van der Waals surface area (Å²) in [5, 5.41) is 9.96. The molecule has 3 aromatic carbocycles. The molecule has 3 aromatic rings. The summed E-state index contributed by atoms with van der Waals surface area (Å²) in [6.07, 6.45) is -0.607. The van der Waals surface area contributed by atoms with Crippen LogP contribution in [-0.4, -0.2) is 29.0 Å². The average Bonchev–Trinajstić information content (AvgIpc) is 2.77. The van der Waals surface area contributed by atoms with Gasteiger partial charge in [0, 0.05) is 17.1 Å². The molecule has 4 rings (SSSR count). The summed E-state index contributed by atoms with van der Waals surface area (Å²) >= 11 is 1.58. The van der Waals surface area contributed by atoms with Crippen molar-refractivity contribution in [3.05, 3.63) is 77.9 Å². The first kappa shape index (κ1) is 23.5. The van der Waals surface area contributed by atoms with E-state index < -0.39 is 6.10 Å². The van der Waals surface area contributed by atoms with Crippen LogP contribution in [0.2, 0.25) is 0 Å². The van der Waals surface area contributed by atoms with E-state index in [1.165, 1.54) is 24.3 Å². The van der Waals surface area contributed by atoms with Gasteiger partial charge in [0.15, 0.2) is 0 Å². The molecule has 0 aromatic heterocycles. The average molecular weight is 469 g/mol. The SMILES string of the molecule is CC(C)c1cc(-c2ccc(F)cc2)cc(-c2ccc(F)cc2)c1SC[C@@H]1C[C@@H](O)CC(=O)O1. The lowest BCUT2D eigenvalue weighted by atomic mass is 9.92. The normalized spacial score (nSPS) is 18.4. The summed E-state index contributed by atoms with van der Waals surface area (Å²) in [6.45, 7) is 4.21. The van der Waals surface area contributed by atoms with Crippen molar-refractivity contribution in [1.82, 2.24) is 0 Å². The molecule has 0 radical (unpaired) electrons. The fraction of sp³-hybridized carbons (Fsp3) is 0.296. The van der Waals surface area contributed by atoms with E-state index in [0.29, 0.717) is 12.2 Å². The molecule has 0 bridgehead atoms. The van der Waals surface area contributed by atoms with Crippen molar-refractivity contribution in [3.8, 4) is 22.3 Å². The number of aliphatic hydroxyl groups excluding tert-OH is 1. The molecule has 3 nitrogen and oxygen atoms in total. The topological polar surface area (TPSA) is 46.5 Å². The Balaban J connectivity index is 1.78. The highest BCUT2D eigenvalue weighted by Crippen LogP contribution is 2.42. The predicted molar refractivity (Wildman–Crippen MR) is 127 cm³/mol. The summed E-state index contributed by atoms with van der Waals surface area (Å²) < 4.78 is 32.6. The van der Waals surface area contributed by atoms with Gasteiger partial charge in [-0.05, 0) is 70.1 Å². The first-order valence-electron chi connectivity index (χ1n) is 11.0. The molecule has 1 N–H and O–H groups in total. The van der Waals surface area contributed by atoms with Crippen molar-refractivity contribution >= 4 is 17.7 Å². The van der Waals surface area contributed by atoms with Gasteiger partial charge >= 0.3 is 5.97 Å². The number of ether oxygens (including phenoxy) is 1. The Morgan fingerprint density at radius 3 is 2.15 bits per heavy atom. The number of esters is 1. The zero-order valence-corrected chi connectivity index (χ0v) is 19.4. The summed E-state index contributed by atoms with van der Waals surface area (Å²) in [6, 6.07) is 16.9. The maximum Gasteiger partial charge on any atom is 0.308 e. The molecule has 1 heterocycles. The number of hydrogen-bond acceptors (Lipinski definition) is 4. The first-order chi connectivity index (χ1) is 15.8. The standard InChI is InChI=1S/C27H26F2O3S/c1-16(2)24-11-19(17-3-7-20(28)8-4-17)12-25(18-5-9-21(29)10-6-18)27(24)33-15-23-13-22(30)14-26(31)32-23/h3-12,16,22-23,30H,13-15H2,1-2H3/t22-,23+/m1/s1. The van der Waals surface area contributed by atoms with Gasteiger partial charge in [-0.25, -0.2) is 8.78 Å². The Morgan fingerprint density at radius 2 is 1.58 bits per heavy atom. The minimum Gasteiger partial charge on any atom is -0.461 e. The monoisotopic (exact) mass is 468 g/mol. The number of rotatable bonds is 6. The fourth-order valence-electron chi connectivity index (χ4n) is 4.03. The number of hydrogen-bond donors (Lipinski definition) is 1. The summed E-state index contributed by atoms with van der Waals surface area (Å²) in [4.78, 5) is 12.8. The van der Waals surface area contributed by atoms with Crippen LogP contribution in [0.3, 0.4) is 0 Å². The van der Waals surface area contributed by atoms with Gasteiger partial charge in [0.1, 0.15) is 17.7 Å². The second kappa shape index (κ2) is 10.1. The van der Waals surface area contributed by atoms with Gasteiger partial charge in [-0.3, -0.25) is 4.79 Å². The highest BCUT2D eigenvalue weighted by Gasteiger charge is 2.28. The minimum absolute atomic E-state index is 0.0333. The van der Waals surface area contributed by atoms with Gasteiger partial charge in [0.2, 0.25) is 0 Å². The summed E-state index contributed by atoms with van der Waals surface area (Å²) in [7, 11) is 0. The quantitative estimate of drug-likeness (QED) is 0.328. The lowest BCUT2D eigenvalue weighted by molar-refractivity contribution is -0.158. The number of aliphatic hydroxyl groups is 1. The van der Waals surface area contributed by atoms with Gasteiger partial charge in [-0.15, -0.1) is 11.8 Å². The van der Waals surface area contributed by atoms with E-state index >= 15 is 0 Å². The Hall–Kier alpha value is -2.70. The number of benzene rings is 3. The molecule has 2 atom stereocenters. The third kappa shape index (κ3) is 5.63. The van der Waals surface area contributed by atoms with Crippen LogP contribution in [0, 0.1) is 11.6 Å². The zero-order valence-electron chi connectivity index (χ0n) is 18.6. The van der Waals surface area contributed by atoms with E-state index in [4.69, 9.17) is 4.74 Å². The van der Waals surface area contributed by atoms with Crippen molar-refractivity contribution in [2.24, 2.45) is 0 Å². The molecular weight excluding hydrogens is 442 g/mol. The van der Waals surface area contributed by atoms with E-state index in [-0.39, 0.29) is 36.0 Å². The molecule has 0 amide bonds. The maximum absolute atomic E-state index is 13.6. The van der Waals surface area contributed by atoms with E-state index in [2.05, 4.69) is 19.9 Å².